The van der Waals surface area contributed by atoms with Crippen LogP contribution >= 0.6 is 0 Å². The number of carbonyl (C=O) groups excluding carboxylic acids is 2. The number of ether oxygens (including phenoxy) is 3. The zero-order valence-corrected chi connectivity index (χ0v) is 15.7. The standard InChI is InChI=1S/C20H26O6/c1-6-10(2)18(22)25-15-9-20(5)16(26-20)8-13(21)11(3)7-14-17(15)12(4)19(23)24-14/h6-7,13-17,21H,4,8-9H2,1-3,5H3/b10-6-,11-7-/t13-,14+,15-,16+,17-,20+/m0/s1. The summed E-state index contributed by atoms with van der Waals surface area (Å²) in [6.07, 6.45) is 2.29. The van der Waals surface area contributed by atoms with Crippen molar-refractivity contribution in [2.24, 2.45) is 5.92 Å². The number of hydrogen-bond donors (Lipinski definition) is 1. The second kappa shape index (κ2) is 6.67. The van der Waals surface area contributed by atoms with Crippen molar-refractivity contribution < 1.29 is 28.9 Å². The third-order valence-corrected chi connectivity index (χ3v) is 5.71. The fourth-order valence-electron chi connectivity index (χ4n) is 3.70. The molecule has 6 heteroatoms. The molecular weight excluding hydrogens is 336 g/mol. The van der Waals surface area contributed by atoms with Crippen LogP contribution in [-0.2, 0) is 23.8 Å². The van der Waals surface area contributed by atoms with Gasteiger partial charge in [-0.25, -0.2) is 9.59 Å². The van der Waals surface area contributed by atoms with Crippen LogP contribution in [0.15, 0.2) is 35.5 Å². The SMILES string of the molecule is C=C1C(=O)O[C@@H]2/C=C(/C)[C@@H](O)C[C@H]3O[C@]3(C)C[C@H](OC(=O)/C(C)=C\C)[C@@H]12. The minimum absolute atomic E-state index is 0.118. The van der Waals surface area contributed by atoms with Crippen LogP contribution in [0, 0.1) is 5.92 Å². The summed E-state index contributed by atoms with van der Waals surface area (Å²) >= 11 is 0. The van der Waals surface area contributed by atoms with Crippen LogP contribution in [0.2, 0.25) is 0 Å². The van der Waals surface area contributed by atoms with Crippen molar-refractivity contribution in [2.75, 3.05) is 0 Å². The first kappa shape index (κ1) is 18.9. The van der Waals surface area contributed by atoms with Gasteiger partial charge in [-0.05, 0) is 39.3 Å². The molecule has 1 N–H and O–H groups in total. The molecule has 3 aliphatic rings. The fourth-order valence-corrected chi connectivity index (χ4v) is 3.70. The van der Waals surface area contributed by atoms with Gasteiger partial charge >= 0.3 is 11.9 Å². The lowest BCUT2D eigenvalue weighted by atomic mass is 9.82. The van der Waals surface area contributed by atoms with E-state index in [0.29, 0.717) is 24.0 Å². The quantitative estimate of drug-likeness (QED) is 0.351. The highest BCUT2D eigenvalue weighted by atomic mass is 16.6. The smallest absolute Gasteiger partial charge is 0.334 e. The summed E-state index contributed by atoms with van der Waals surface area (Å²) in [5.41, 5.74) is 0.974. The number of aliphatic hydroxyl groups is 1. The molecule has 0 aromatic rings. The van der Waals surface area contributed by atoms with Gasteiger partial charge in [-0.1, -0.05) is 12.7 Å². The van der Waals surface area contributed by atoms with Crippen LogP contribution in [-0.4, -0.2) is 47.1 Å². The Balaban J connectivity index is 1.98. The molecule has 26 heavy (non-hydrogen) atoms. The van der Waals surface area contributed by atoms with E-state index in [-0.39, 0.29) is 11.7 Å². The van der Waals surface area contributed by atoms with Gasteiger partial charge in [-0.2, -0.15) is 0 Å². The third-order valence-electron chi connectivity index (χ3n) is 5.71. The number of allylic oxidation sites excluding steroid dienone is 1. The molecule has 2 heterocycles. The molecule has 0 unspecified atom stereocenters. The maximum Gasteiger partial charge on any atom is 0.334 e. The first-order valence-corrected chi connectivity index (χ1v) is 8.94. The lowest BCUT2D eigenvalue weighted by Gasteiger charge is -2.29. The number of aliphatic hydroxyl groups excluding tert-OH is 1. The average molecular weight is 362 g/mol. The molecule has 0 radical (unpaired) electrons. The minimum Gasteiger partial charge on any atom is -0.458 e. The second-order valence-electron chi connectivity index (χ2n) is 7.62. The summed E-state index contributed by atoms with van der Waals surface area (Å²) in [7, 11) is 0. The Labute approximate surface area is 153 Å². The molecule has 0 aromatic carbocycles. The van der Waals surface area contributed by atoms with Crippen molar-refractivity contribution in [3.8, 4) is 0 Å². The summed E-state index contributed by atoms with van der Waals surface area (Å²) in [6.45, 7) is 11.0. The topological polar surface area (TPSA) is 85.4 Å². The van der Waals surface area contributed by atoms with E-state index in [2.05, 4.69) is 6.58 Å². The maximum absolute atomic E-state index is 12.4. The molecule has 0 bridgehead atoms. The number of carbonyl (C=O) groups is 2. The summed E-state index contributed by atoms with van der Waals surface area (Å²) in [4.78, 5) is 24.5. The Hall–Kier alpha value is -1.92. The molecule has 0 saturated carbocycles. The highest BCUT2D eigenvalue weighted by molar-refractivity contribution is 5.92. The highest BCUT2D eigenvalue weighted by Gasteiger charge is 2.57. The molecular formula is C20H26O6. The van der Waals surface area contributed by atoms with Crippen molar-refractivity contribution in [1.82, 2.24) is 0 Å². The number of esters is 2. The van der Waals surface area contributed by atoms with E-state index in [4.69, 9.17) is 14.2 Å². The molecule has 6 nitrogen and oxygen atoms in total. The predicted molar refractivity (Wildman–Crippen MR) is 94.1 cm³/mol. The summed E-state index contributed by atoms with van der Waals surface area (Å²) in [5.74, 6) is -1.43. The maximum atomic E-state index is 12.4. The van der Waals surface area contributed by atoms with Crippen molar-refractivity contribution in [3.05, 3.63) is 35.5 Å². The Morgan fingerprint density at radius 3 is 2.85 bits per heavy atom. The van der Waals surface area contributed by atoms with Crippen molar-refractivity contribution in [1.29, 1.82) is 0 Å². The molecule has 6 atom stereocenters. The van der Waals surface area contributed by atoms with Crippen LogP contribution < -0.4 is 0 Å². The van der Waals surface area contributed by atoms with Crippen LogP contribution in [0.3, 0.4) is 0 Å². The van der Waals surface area contributed by atoms with E-state index in [1.807, 2.05) is 6.92 Å². The Kier molecular flexibility index (Phi) is 4.84. The Morgan fingerprint density at radius 2 is 2.19 bits per heavy atom. The zero-order valence-electron chi connectivity index (χ0n) is 15.7. The lowest BCUT2D eigenvalue weighted by Crippen LogP contribution is -2.37. The summed E-state index contributed by atoms with van der Waals surface area (Å²) in [5, 5.41) is 10.4. The van der Waals surface area contributed by atoms with Crippen LogP contribution in [0.4, 0.5) is 0 Å². The van der Waals surface area contributed by atoms with Gasteiger partial charge in [0.25, 0.3) is 0 Å². The number of hydrogen-bond acceptors (Lipinski definition) is 6. The largest absolute Gasteiger partial charge is 0.458 e. The van der Waals surface area contributed by atoms with Crippen LogP contribution in [0.1, 0.15) is 40.5 Å². The van der Waals surface area contributed by atoms with Crippen molar-refractivity contribution in [3.63, 3.8) is 0 Å². The summed E-state index contributed by atoms with van der Waals surface area (Å²) in [6, 6.07) is 0. The van der Waals surface area contributed by atoms with Crippen LogP contribution in [0.5, 0.6) is 0 Å². The van der Waals surface area contributed by atoms with E-state index in [9.17, 15) is 14.7 Å². The van der Waals surface area contributed by atoms with E-state index >= 15 is 0 Å². The first-order valence-electron chi connectivity index (χ1n) is 8.94. The number of rotatable bonds is 2. The van der Waals surface area contributed by atoms with Gasteiger partial charge in [-0.15, -0.1) is 0 Å². The second-order valence-corrected chi connectivity index (χ2v) is 7.62. The fraction of sp³-hybridized carbons (Fsp3) is 0.600. The molecule has 0 spiro atoms. The molecule has 0 amide bonds. The van der Waals surface area contributed by atoms with E-state index in [1.165, 1.54) is 0 Å². The molecule has 2 saturated heterocycles. The normalized spacial score (nSPS) is 42.1. The molecule has 1 aliphatic carbocycles. The molecule has 2 fully saturated rings. The number of fused-ring (bicyclic) bond motifs is 2. The zero-order chi connectivity index (χ0) is 19.2. The molecule has 0 aromatic heterocycles. The minimum atomic E-state index is -0.667. The Morgan fingerprint density at radius 1 is 1.50 bits per heavy atom. The van der Waals surface area contributed by atoms with Gasteiger partial charge in [0.15, 0.2) is 0 Å². The lowest BCUT2D eigenvalue weighted by molar-refractivity contribution is -0.148. The molecule has 3 rings (SSSR count). The summed E-state index contributed by atoms with van der Waals surface area (Å²) < 4.78 is 17.0. The first-order chi connectivity index (χ1) is 12.2. The predicted octanol–water partition coefficient (Wildman–Crippen LogP) is 2.22. The Bertz CT molecular complexity index is 705. The molecule has 2 aliphatic heterocycles. The van der Waals surface area contributed by atoms with E-state index in [1.54, 1.807) is 32.9 Å². The van der Waals surface area contributed by atoms with Gasteiger partial charge < -0.3 is 19.3 Å². The van der Waals surface area contributed by atoms with Gasteiger partial charge in [0.1, 0.15) is 12.2 Å². The number of epoxide rings is 1. The van der Waals surface area contributed by atoms with E-state index in [0.717, 1.165) is 0 Å². The van der Waals surface area contributed by atoms with Gasteiger partial charge in [0, 0.05) is 24.0 Å². The monoisotopic (exact) mass is 362 g/mol. The van der Waals surface area contributed by atoms with Crippen molar-refractivity contribution in [2.45, 2.75) is 70.6 Å². The average Bonchev–Trinajstić information content (AvgIpc) is 3.11. The van der Waals surface area contributed by atoms with Crippen molar-refractivity contribution >= 4 is 11.9 Å². The van der Waals surface area contributed by atoms with Crippen LogP contribution in [0.25, 0.3) is 0 Å². The van der Waals surface area contributed by atoms with Gasteiger partial charge in [-0.3, -0.25) is 0 Å². The molecule has 142 valence electrons. The highest BCUT2D eigenvalue weighted by Crippen LogP contribution is 2.47. The van der Waals surface area contributed by atoms with Gasteiger partial charge in [0.05, 0.1) is 23.7 Å². The van der Waals surface area contributed by atoms with E-state index < -0.39 is 41.8 Å². The third kappa shape index (κ3) is 3.35. The van der Waals surface area contributed by atoms with Gasteiger partial charge in [0.2, 0.25) is 0 Å².